The third kappa shape index (κ3) is 5.34. The van der Waals surface area contributed by atoms with Crippen LogP contribution in [0.3, 0.4) is 0 Å². The van der Waals surface area contributed by atoms with Crippen molar-refractivity contribution in [2.45, 2.75) is 20.0 Å². The van der Waals surface area contributed by atoms with E-state index in [9.17, 15) is 14.4 Å². The van der Waals surface area contributed by atoms with Crippen LogP contribution >= 0.6 is 0 Å². The second kappa shape index (κ2) is 8.66. The Bertz CT molecular complexity index is 785. The molecule has 0 radical (unpaired) electrons. The first-order valence-corrected chi connectivity index (χ1v) is 7.92. The zero-order valence-corrected chi connectivity index (χ0v) is 14.7. The lowest BCUT2D eigenvalue weighted by atomic mass is 10.2. The maximum atomic E-state index is 12.2. The summed E-state index contributed by atoms with van der Waals surface area (Å²) in [5.41, 5.74) is 1.63. The molecule has 0 saturated heterocycles. The summed E-state index contributed by atoms with van der Waals surface area (Å²) in [6, 6.07) is 13.1. The lowest BCUT2D eigenvalue weighted by Crippen LogP contribution is -2.30. The molecule has 2 rings (SSSR count). The molecule has 0 fully saturated rings. The number of amides is 2. The van der Waals surface area contributed by atoms with Gasteiger partial charge in [0, 0.05) is 18.3 Å². The number of carbonyl (C=O) groups is 3. The minimum atomic E-state index is -0.742. The van der Waals surface area contributed by atoms with E-state index >= 15 is 0 Å². The SMILES string of the molecule is COC(=O)c1ccc(O[C@@H](C)C(=O)Nc2ccc(NC(C)=O)cc2)cc1. The molecule has 0 aliphatic carbocycles. The van der Waals surface area contributed by atoms with E-state index in [1.807, 2.05) is 0 Å². The summed E-state index contributed by atoms with van der Waals surface area (Å²) in [4.78, 5) is 34.6. The second-order valence-electron chi connectivity index (χ2n) is 5.52. The molecule has 0 unspecified atom stereocenters. The largest absolute Gasteiger partial charge is 0.481 e. The highest BCUT2D eigenvalue weighted by Crippen LogP contribution is 2.17. The van der Waals surface area contributed by atoms with Gasteiger partial charge in [0.15, 0.2) is 6.10 Å². The van der Waals surface area contributed by atoms with Crippen molar-refractivity contribution in [3.05, 3.63) is 54.1 Å². The third-order valence-electron chi connectivity index (χ3n) is 3.43. The standard InChI is InChI=1S/C19H20N2O5/c1-12(26-17-10-4-14(5-11-17)19(24)25-3)18(23)21-16-8-6-15(7-9-16)20-13(2)22/h4-12H,1-3H3,(H,20,22)(H,21,23)/t12-/m0/s1. The Hall–Kier alpha value is -3.35. The highest BCUT2D eigenvalue weighted by Gasteiger charge is 2.15. The van der Waals surface area contributed by atoms with Crippen molar-refractivity contribution >= 4 is 29.2 Å². The zero-order chi connectivity index (χ0) is 19.1. The summed E-state index contributed by atoms with van der Waals surface area (Å²) in [5, 5.41) is 5.38. The number of ether oxygens (including phenoxy) is 2. The number of hydrogen-bond donors (Lipinski definition) is 2. The summed E-state index contributed by atoms with van der Waals surface area (Å²) >= 11 is 0. The molecule has 26 heavy (non-hydrogen) atoms. The molecule has 0 aromatic heterocycles. The fourth-order valence-corrected chi connectivity index (χ4v) is 2.13. The Kier molecular flexibility index (Phi) is 6.32. The molecule has 1 atom stereocenters. The van der Waals surface area contributed by atoms with E-state index in [-0.39, 0.29) is 11.8 Å². The molecule has 0 heterocycles. The Morgan fingerprint density at radius 3 is 1.92 bits per heavy atom. The quantitative estimate of drug-likeness (QED) is 0.776. The van der Waals surface area contributed by atoms with Gasteiger partial charge in [0.1, 0.15) is 5.75 Å². The number of hydrogen-bond acceptors (Lipinski definition) is 5. The van der Waals surface area contributed by atoms with Crippen molar-refractivity contribution in [3.8, 4) is 5.75 Å². The molecule has 2 amide bonds. The van der Waals surface area contributed by atoms with Crippen LogP contribution in [0.5, 0.6) is 5.75 Å². The predicted molar refractivity (Wildman–Crippen MR) is 97.2 cm³/mol. The maximum absolute atomic E-state index is 12.2. The number of rotatable bonds is 6. The smallest absolute Gasteiger partial charge is 0.337 e. The topological polar surface area (TPSA) is 93.7 Å². The van der Waals surface area contributed by atoms with Gasteiger partial charge in [0.05, 0.1) is 12.7 Å². The molecule has 2 N–H and O–H groups in total. The van der Waals surface area contributed by atoms with Crippen LogP contribution in [-0.2, 0) is 14.3 Å². The molecular weight excluding hydrogens is 336 g/mol. The van der Waals surface area contributed by atoms with Crippen LogP contribution in [0.15, 0.2) is 48.5 Å². The Morgan fingerprint density at radius 1 is 0.885 bits per heavy atom. The van der Waals surface area contributed by atoms with Gasteiger partial charge in [-0.25, -0.2) is 4.79 Å². The molecule has 7 heteroatoms. The fraction of sp³-hybridized carbons (Fsp3) is 0.211. The Labute approximate surface area is 151 Å². The number of anilines is 2. The van der Waals surface area contributed by atoms with Gasteiger partial charge >= 0.3 is 5.97 Å². The minimum absolute atomic E-state index is 0.165. The van der Waals surface area contributed by atoms with Gasteiger partial charge in [0.25, 0.3) is 5.91 Å². The number of benzene rings is 2. The zero-order valence-electron chi connectivity index (χ0n) is 14.7. The number of nitrogens with one attached hydrogen (secondary N) is 2. The molecule has 0 spiro atoms. The van der Waals surface area contributed by atoms with Gasteiger partial charge in [-0.05, 0) is 55.5 Å². The van der Waals surface area contributed by atoms with Crippen molar-refractivity contribution in [2.75, 3.05) is 17.7 Å². The van der Waals surface area contributed by atoms with E-state index in [2.05, 4.69) is 15.4 Å². The first kappa shape index (κ1) is 19.0. The summed E-state index contributed by atoms with van der Waals surface area (Å²) in [7, 11) is 1.31. The van der Waals surface area contributed by atoms with Crippen molar-refractivity contribution in [1.29, 1.82) is 0 Å². The number of carbonyl (C=O) groups excluding carboxylic acids is 3. The summed E-state index contributed by atoms with van der Waals surface area (Å²) in [6.07, 6.45) is -0.742. The number of esters is 1. The fourth-order valence-electron chi connectivity index (χ4n) is 2.13. The summed E-state index contributed by atoms with van der Waals surface area (Å²) in [6.45, 7) is 3.04. The lowest BCUT2D eigenvalue weighted by molar-refractivity contribution is -0.122. The maximum Gasteiger partial charge on any atom is 0.337 e. The Morgan fingerprint density at radius 2 is 1.42 bits per heavy atom. The van der Waals surface area contributed by atoms with E-state index in [4.69, 9.17) is 4.74 Å². The molecule has 0 bridgehead atoms. The van der Waals surface area contributed by atoms with Crippen molar-refractivity contribution < 1.29 is 23.9 Å². The summed E-state index contributed by atoms with van der Waals surface area (Å²) in [5.74, 6) is -0.470. The van der Waals surface area contributed by atoms with Crippen LogP contribution in [0.2, 0.25) is 0 Å². The highest BCUT2D eigenvalue weighted by molar-refractivity contribution is 5.95. The van der Waals surface area contributed by atoms with Crippen molar-refractivity contribution in [1.82, 2.24) is 0 Å². The average Bonchev–Trinajstić information content (AvgIpc) is 2.62. The molecule has 0 aliphatic rings. The first-order valence-electron chi connectivity index (χ1n) is 7.92. The Balaban J connectivity index is 1.92. The van der Waals surface area contributed by atoms with Crippen LogP contribution in [0.25, 0.3) is 0 Å². The molecule has 2 aromatic rings. The van der Waals surface area contributed by atoms with E-state index in [0.29, 0.717) is 22.7 Å². The molecule has 7 nitrogen and oxygen atoms in total. The number of methoxy groups -OCH3 is 1. The molecule has 136 valence electrons. The van der Waals surface area contributed by atoms with Crippen LogP contribution in [-0.4, -0.2) is 31.0 Å². The third-order valence-corrected chi connectivity index (χ3v) is 3.43. The van der Waals surface area contributed by atoms with Gasteiger partial charge < -0.3 is 20.1 Å². The normalized spacial score (nSPS) is 11.2. The second-order valence-corrected chi connectivity index (χ2v) is 5.52. The molecule has 0 saturated carbocycles. The van der Waals surface area contributed by atoms with Crippen molar-refractivity contribution in [3.63, 3.8) is 0 Å². The highest BCUT2D eigenvalue weighted by atomic mass is 16.5. The van der Waals surface area contributed by atoms with E-state index in [1.54, 1.807) is 55.5 Å². The van der Waals surface area contributed by atoms with Crippen LogP contribution in [0.4, 0.5) is 11.4 Å². The molecule has 2 aromatic carbocycles. The van der Waals surface area contributed by atoms with Crippen LogP contribution in [0, 0.1) is 0 Å². The van der Waals surface area contributed by atoms with Gasteiger partial charge in [-0.15, -0.1) is 0 Å². The van der Waals surface area contributed by atoms with Crippen LogP contribution < -0.4 is 15.4 Å². The van der Waals surface area contributed by atoms with E-state index < -0.39 is 12.1 Å². The van der Waals surface area contributed by atoms with E-state index in [1.165, 1.54) is 14.0 Å². The lowest BCUT2D eigenvalue weighted by Gasteiger charge is -2.15. The molecular formula is C19H20N2O5. The van der Waals surface area contributed by atoms with Gasteiger partial charge in [-0.1, -0.05) is 0 Å². The van der Waals surface area contributed by atoms with Crippen molar-refractivity contribution in [2.24, 2.45) is 0 Å². The first-order chi connectivity index (χ1) is 12.4. The predicted octanol–water partition coefficient (Wildman–Crippen LogP) is 2.84. The minimum Gasteiger partial charge on any atom is -0.481 e. The van der Waals surface area contributed by atoms with Gasteiger partial charge in [-0.3, -0.25) is 9.59 Å². The summed E-state index contributed by atoms with van der Waals surface area (Å²) < 4.78 is 10.2. The van der Waals surface area contributed by atoms with Gasteiger partial charge in [-0.2, -0.15) is 0 Å². The van der Waals surface area contributed by atoms with E-state index in [0.717, 1.165) is 0 Å². The molecule has 0 aliphatic heterocycles. The van der Waals surface area contributed by atoms with Gasteiger partial charge in [0.2, 0.25) is 5.91 Å². The van der Waals surface area contributed by atoms with Crippen LogP contribution in [0.1, 0.15) is 24.2 Å². The average molecular weight is 356 g/mol. The monoisotopic (exact) mass is 356 g/mol.